The second kappa shape index (κ2) is 8.58. The van der Waals surface area contributed by atoms with Crippen molar-refractivity contribution in [3.8, 4) is 0 Å². The van der Waals surface area contributed by atoms with Crippen molar-refractivity contribution >= 4 is 0 Å². The number of hydroxylamine groups is 20. The molecule has 1 heterocycles. The molecule has 1 fully saturated rings. The zero-order valence-electron chi connectivity index (χ0n) is 23.2. The van der Waals surface area contributed by atoms with Gasteiger partial charge in [-0.2, -0.15) is 4.84 Å². The number of nitrogens with zero attached hydrogens (tertiary/aromatic N) is 7. The second-order valence-corrected chi connectivity index (χ2v) is 11.7. The molecular formula is C18H50N7O7+7. The molecule has 14 nitrogen and oxygen atoms in total. The molecule has 0 radical (unpaired) electrons. The number of hydrogen-bond donors (Lipinski definition) is 0. The van der Waals surface area contributed by atoms with Crippen LogP contribution in [0.15, 0.2) is 0 Å². The first-order valence-corrected chi connectivity index (χ1v) is 10.5. The molecule has 0 spiro atoms. The molecule has 1 aliphatic heterocycles. The molecule has 2 unspecified atom stereocenters. The summed E-state index contributed by atoms with van der Waals surface area (Å²) < 4.78 is 0.186. The number of rotatable bonds is 13. The van der Waals surface area contributed by atoms with Gasteiger partial charge >= 0.3 is 10.9 Å². The van der Waals surface area contributed by atoms with E-state index in [2.05, 4.69) is 0 Å². The van der Waals surface area contributed by atoms with E-state index in [-0.39, 0.29) is 28.2 Å². The van der Waals surface area contributed by atoms with Crippen LogP contribution in [0.3, 0.4) is 0 Å². The van der Waals surface area contributed by atoms with Crippen LogP contribution in [-0.2, 0) is 34.4 Å². The molecule has 0 saturated carbocycles. The van der Waals surface area contributed by atoms with E-state index in [4.69, 9.17) is 34.4 Å². The quantitative estimate of drug-likeness (QED) is 0.210. The standard InChI is InChI=1S/C18H50N7O7/c1-18(17-24(18,15)32-23(13,14)31-22(11,12)26-16)27-25(28-19(2,3)4,29-20(5,6)7)30-21(8,9)10/h17H2,1-16H3/q+7. The smallest absolute Gasteiger partial charge is 0.167 e. The summed E-state index contributed by atoms with van der Waals surface area (Å²) in [4.78, 5) is 42.0. The lowest BCUT2D eigenvalue weighted by Crippen LogP contribution is -2.66. The van der Waals surface area contributed by atoms with Gasteiger partial charge in [-0.15, -0.1) is 13.9 Å². The predicted octanol–water partition coefficient (Wildman–Crippen LogP) is -0.0230. The predicted molar refractivity (Wildman–Crippen MR) is 112 cm³/mol. The van der Waals surface area contributed by atoms with Gasteiger partial charge in [0.1, 0.15) is 113 Å². The molecular weight excluding hydrogens is 426 g/mol. The van der Waals surface area contributed by atoms with E-state index in [0.29, 0.717) is 6.54 Å². The Morgan fingerprint density at radius 1 is 0.625 bits per heavy atom. The van der Waals surface area contributed by atoms with Gasteiger partial charge in [0.2, 0.25) is 6.54 Å². The van der Waals surface area contributed by atoms with Crippen LogP contribution in [0, 0.1) is 0 Å². The molecule has 1 saturated heterocycles. The Morgan fingerprint density at radius 3 is 1.31 bits per heavy atom. The molecule has 0 aromatic carbocycles. The highest BCUT2D eigenvalue weighted by Crippen LogP contribution is 2.46. The summed E-state index contributed by atoms with van der Waals surface area (Å²) in [7, 11) is 27.0. The van der Waals surface area contributed by atoms with Crippen LogP contribution in [0.1, 0.15) is 6.92 Å². The maximum Gasteiger partial charge on any atom is 0.408 e. The van der Waals surface area contributed by atoms with Crippen molar-refractivity contribution in [1.29, 1.82) is 0 Å². The summed E-state index contributed by atoms with van der Waals surface area (Å²) in [6.07, 6.45) is 0. The molecule has 32 heavy (non-hydrogen) atoms. The Kier molecular flexibility index (Phi) is 7.91. The minimum atomic E-state index is -0.988. The van der Waals surface area contributed by atoms with Gasteiger partial charge in [-0.25, -0.2) is 0 Å². The van der Waals surface area contributed by atoms with E-state index in [0.717, 1.165) is 0 Å². The minimum absolute atomic E-state index is 0.0465. The van der Waals surface area contributed by atoms with Gasteiger partial charge in [0, 0.05) is 16.7 Å². The molecule has 1 rings (SSSR count). The molecule has 0 aromatic rings. The fourth-order valence-electron chi connectivity index (χ4n) is 2.95. The molecule has 0 N–H and O–H groups in total. The highest BCUT2D eigenvalue weighted by atomic mass is 17.5. The monoisotopic (exact) mass is 476 g/mol. The van der Waals surface area contributed by atoms with E-state index >= 15 is 0 Å². The second-order valence-electron chi connectivity index (χ2n) is 11.7. The van der Waals surface area contributed by atoms with Crippen LogP contribution in [-0.4, -0.2) is 151 Å². The van der Waals surface area contributed by atoms with Gasteiger partial charge in [-0.3, -0.25) is 0 Å². The molecule has 0 aromatic heterocycles. The van der Waals surface area contributed by atoms with E-state index in [1.807, 2.05) is 77.4 Å². The number of hydrogen-bond acceptors (Lipinski definition) is 7. The zero-order valence-corrected chi connectivity index (χ0v) is 23.2. The van der Waals surface area contributed by atoms with Crippen molar-refractivity contribution in [2.75, 3.05) is 112 Å². The summed E-state index contributed by atoms with van der Waals surface area (Å²) in [5.41, 5.74) is -0.886. The van der Waals surface area contributed by atoms with Gasteiger partial charge in [0.05, 0.1) is 16.9 Å². The third-order valence-electron chi connectivity index (χ3n) is 4.05. The van der Waals surface area contributed by atoms with Gasteiger partial charge in [-0.1, -0.05) is 4.65 Å². The number of quaternary nitrogens is 7. The van der Waals surface area contributed by atoms with Crippen LogP contribution in [0.5, 0.6) is 0 Å². The van der Waals surface area contributed by atoms with Crippen molar-refractivity contribution in [3.63, 3.8) is 0 Å². The van der Waals surface area contributed by atoms with Crippen molar-refractivity contribution in [3.05, 3.63) is 0 Å². The third kappa shape index (κ3) is 9.00. The van der Waals surface area contributed by atoms with Gasteiger partial charge in [0.15, 0.2) is 0 Å². The van der Waals surface area contributed by atoms with Crippen LogP contribution >= 0.6 is 0 Å². The first-order chi connectivity index (χ1) is 13.8. The Balaban J connectivity index is 3.26. The van der Waals surface area contributed by atoms with Crippen molar-refractivity contribution in [2.45, 2.75) is 12.6 Å². The average molecular weight is 477 g/mol. The van der Waals surface area contributed by atoms with Gasteiger partial charge < -0.3 is 0 Å². The molecule has 2 atom stereocenters. The average Bonchev–Trinajstić information content (AvgIpc) is 2.88. The lowest BCUT2D eigenvalue weighted by molar-refractivity contribution is -1.67. The number of likely N-dealkylation sites (N-methyl/N-ethyl adjacent to an activating group) is 1. The third-order valence-corrected chi connectivity index (χ3v) is 4.05. The van der Waals surface area contributed by atoms with Gasteiger partial charge in [0.25, 0.3) is 0 Å². The Hall–Kier alpha value is -0.560. The Labute approximate surface area is 193 Å². The van der Waals surface area contributed by atoms with Crippen LogP contribution in [0.2, 0.25) is 0 Å². The Bertz CT molecular complexity index is 617. The first-order valence-electron chi connectivity index (χ1n) is 10.5. The molecule has 192 valence electrons. The van der Waals surface area contributed by atoms with E-state index in [9.17, 15) is 0 Å². The largest absolute Gasteiger partial charge is 0.408 e. The van der Waals surface area contributed by atoms with E-state index in [1.54, 1.807) is 35.3 Å². The molecule has 0 aliphatic carbocycles. The summed E-state index contributed by atoms with van der Waals surface area (Å²) in [5, 5.41) is -0.988. The summed E-state index contributed by atoms with van der Waals surface area (Å²) in [5.74, 6) is 0. The van der Waals surface area contributed by atoms with E-state index < -0.39 is 10.9 Å². The maximum absolute atomic E-state index is 6.45. The minimum Gasteiger partial charge on any atom is -0.167 e. The SMILES string of the molecule is CO[N+](C)(C)O[N+](C)(C)O[N+]1(C)CC1(C)O[N+](O[N+](C)(C)C)(O[N+](C)(C)C)O[N+](C)(C)C. The highest BCUT2D eigenvalue weighted by Gasteiger charge is 2.82. The lowest BCUT2D eigenvalue weighted by Gasteiger charge is -2.33. The first kappa shape index (κ1) is 29.5. The molecule has 14 heteroatoms. The lowest BCUT2D eigenvalue weighted by atomic mass is 10.5. The molecule has 1 aliphatic rings. The normalized spacial score (nSPS) is 25.9. The van der Waals surface area contributed by atoms with Crippen molar-refractivity contribution in [2.24, 2.45) is 0 Å². The summed E-state index contributed by atoms with van der Waals surface area (Å²) in [6, 6.07) is 0. The van der Waals surface area contributed by atoms with Crippen LogP contribution < -0.4 is 0 Å². The zero-order chi connectivity index (χ0) is 25.7. The molecule has 0 bridgehead atoms. The fraction of sp³-hybridized carbons (Fsp3) is 1.00. The van der Waals surface area contributed by atoms with E-state index in [1.165, 1.54) is 0 Å². The fourth-order valence-corrected chi connectivity index (χ4v) is 2.95. The summed E-state index contributed by atoms with van der Waals surface area (Å²) in [6.45, 7) is 2.38. The summed E-state index contributed by atoms with van der Waals surface area (Å²) >= 11 is 0. The van der Waals surface area contributed by atoms with Crippen LogP contribution in [0.25, 0.3) is 0 Å². The molecule has 0 amide bonds. The van der Waals surface area contributed by atoms with Crippen molar-refractivity contribution in [1.82, 2.24) is 0 Å². The Morgan fingerprint density at radius 2 is 1.00 bits per heavy atom. The highest BCUT2D eigenvalue weighted by molar-refractivity contribution is 4.72. The van der Waals surface area contributed by atoms with Crippen molar-refractivity contribution < 1.29 is 67.7 Å². The van der Waals surface area contributed by atoms with Gasteiger partial charge in [-0.05, 0) is 4.84 Å². The van der Waals surface area contributed by atoms with Crippen LogP contribution in [0.4, 0.5) is 0 Å². The maximum atomic E-state index is 6.45. The topological polar surface area (TPSA) is 64.6 Å².